The summed E-state index contributed by atoms with van der Waals surface area (Å²) in [4.78, 5) is 4.79. The van der Waals surface area contributed by atoms with Crippen LogP contribution < -0.4 is 5.32 Å². The highest BCUT2D eigenvalue weighted by molar-refractivity contribution is 5.63. The normalized spacial score (nSPS) is 13.3. The fraction of sp³-hybridized carbons (Fsp3) is 0.500. The molecule has 3 aromatic rings. The topological polar surface area (TPSA) is 58.3 Å². The lowest BCUT2D eigenvalue weighted by atomic mass is 9.78. The molecular weight excluding hydrogens is 420 g/mol. The van der Waals surface area contributed by atoms with Gasteiger partial charge in [0.15, 0.2) is 0 Å². The van der Waals surface area contributed by atoms with Crippen molar-refractivity contribution in [2.45, 2.75) is 91.5 Å². The Labute approximate surface area is 205 Å². The zero-order valence-electron chi connectivity index (χ0n) is 22.2. The van der Waals surface area contributed by atoms with Gasteiger partial charge in [0.05, 0.1) is 5.69 Å². The molecule has 0 bridgehead atoms. The Morgan fingerprint density at radius 1 is 0.941 bits per heavy atom. The Bertz CT molecular complexity index is 1050. The van der Waals surface area contributed by atoms with E-state index in [1.807, 2.05) is 12.1 Å². The molecule has 0 aliphatic carbocycles. The quantitative estimate of drug-likeness (QED) is 0.364. The summed E-state index contributed by atoms with van der Waals surface area (Å²) in [6.45, 7) is 18.0. The molecule has 0 spiro atoms. The summed E-state index contributed by atoms with van der Waals surface area (Å²) >= 11 is 0. The van der Waals surface area contributed by atoms with E-state index in [2.05, 4.69) is 85.0 Å². The first-order valence-electron chi connectivity index (χ1n) is 12.5. The Kier molecular flexibility index (Phi) is 7.92. The lowest BCUT2D eigenvalue weighted by Gasteiger charge is -2.27. The molecule has 3 rings (SSSR count). The van der Waals surface area contributed by atoms with Gasteiger partial charge in [0, 0.05) is 22.7 Å². The number of oxazole rings is 1. The van der Waals surface area contributed by atoms with Gasteiger partial charge in [0.2, 0.25) is 5.89 Å². The number of aromatic nitrogens is 1. The van der Waals surface area contributed by atoms with E-state index in [1.165, 1.54) is 11.1 Å². The summed E-state index contributed by atoms with van der Waals surface area (Å²) in [7, 11) is 0. The van der Waals surface area contributed by atoms with Gasteiger partial charge in [-0.05, 0) is 66.8 Å². The standard InChI is InChI=1S/C30H42N2O2/c1-9-31-20(2)22-15-13-21(14-16-22)11-10-12-24-19-34-28(32-24)23-17-25(29(3,4)5)27(33)26(18-23)30(6,7)8/h13-20,31,33H,9-12H2,1-8H3. The molecule has 1 heterocycles. The summed E-state index contributed by atoms with van der Waals surface area (Å²) < 4.78 is 5.89. The van der Waals surface area contributed by atoms with E-state index in [-0.39, 0.29) is 10.8 Å². The van der Waals surface area contributed by atoms with Crippen molar-refractivity contribution < 1.29 is 9.52 Å². The molecule has 0 aliphatic heterocycles. The Morgan fingerprint density at radius 2 is 1.53 bits per heavy atom. The second-order valence-electron chi connectivity index (χ2n) is 11.4. The minimum atomic E-state index is -0.185. The van der Waals surface area contributed by atoms with Crippen molar-refractivity contribution in [2.75, 3.05) is 6.54 Å². The Balaban J connectivity index is 1.72. The molecule has 4 heteroatoms. The number of rotatable bonds is 8. The van der Waals surface area contributed by atoms with E-state index in [1.54, 1.807) is 6.26 Å². The number of hydrogen-bond acceptors (Lipinski definition) is 4. The number of hydrogen-bond donors (Lipinski definition) is 2. The Morgan fingerprint density at radius 3 is 2.06 bits per heavy atom. The smallest absolute Gasteiger partial charge is 0.226 e. The maximum absolute atomic E-state index is 11.0. The van der Waals surface area contributed by atoms with Crippen LogP contribution >= 0.6 is 0 Å². The number of aryl methyl sites for hydroxylation is 2. The van der Waals surface area contributed by atoms with Crippen molar-refractivity contribution >= 4 is 0 Å². The SMILES string of the molecule is CCNC(C)c1ccc(CCCc2coc(-c3cc(C(C)(C)C)c(O)c(C(C)(C)C)c3)n2)cc1. The third-order valence-corrected chi connectivity index (χ3v) is 6.41. The fourth-order valence-corrected chi connectivity index (χ4v) is 4.33. The molecule has 0 amide bonds. The molecule has 4 nitrogen and oxygen atoms in total. The maximum Gasteiger partial charge on any atom is 0.226 e. The Hall–Kier alpha value is -2.59. The third-order valence-electron chi connectivity index (χ3n) is 6.41. The number of nitrogens with one attached hydrogen (secondary N) is 1. The zero-order valence-corrected chi connectivity index (χ0v) is 22.2. The molecule has 1 unspecified atom stereocenters. The lowest BCUT2D eigenvalue weighted by molar-refractivity contribution is 0.423. The van der Waals surface area contributed by atoms with Gasteiger partial charge in [-0.3, -0.25) is 0 Å². The maximum atomic E-state index is 11.0. The number of phenolic OH excluding ortho intramolecular Hbond substituents is 1. The molecule has 1 atom stereocenters. The van der Waals surface area contributed by atoms with E-state index < -0.39 is 0 Å². The van der Waals surface area contributed by atoms with Crippen molar-refractivity contribution in [3.63, 3.8) is 0 Å². The average molecular weight is 463 g/mol. The van der Waals surface area contributed by atoms with E-state index in [4.69, 9.17) is 9.40 Å². The highest BCUT2D eigenvalue weighted by Gasteiger charge is 2.27. The highest BCUT2D eigenvalue weighted by Crippen LogP contribution is 2.41. The predicted molar refractivity (Wildman–Crippen MR) is 142 cm³/mol. The summed E-state index contributed by atoms with van der Waals surface area (Å²) in [6, 6.07) is 13.3. The van der Waals surface area contributed by atoms with Crippen LogP contribution in [0.15, 0.2) is 47.1 Å². The van der Waals surface area contributed by atoms with Crippen molar-refractivity contribution in [1.29, 1.82) is 0 Å². The summed E-state index contributed by atoms with van der Waals surface area (Å²) in [5, 5.41) is 14.4. The van der Waals surface area contributed by atoms with Crippen LogP contribution in [0.3, 0.4) is 0 Å². The monoisotopic (exact) mass is 462 g/mol. The minimum Gasteiger partial charge on any atom is -0.507 e. The van der Waals surface area contributed by atoms with Crippen LogP contribution in [0.25, 0.3) is 11.5 Å². The largest absolute Gasteiger partial charge is 0.507 e. The first-order chi connectivity index (χ1) is 15.9. The molecular formula is C30H42N2O2. The van der Waals surface area contributed by atoms with Gasteiger partial charge in [-0.15, -0.1) is 0 Å². The second kappa shape index (κ2) is 10.4. The van der Waals surface area contributed by atoms with Crippen molar-refractivity contribution in [1.82, 2.24) is 10.3 Å². The minimum absolute atomic E-state index is 0.185. The van der Waals surface area contributed by atoms with Crippen LogP contribution in [0, 0.1) is 0 Å². The number of benzene rings is 2. The van der Waals surface area contributed by atoms with Crippen LogP contribution in [-0.2, 0) is 23.7 Å². The van der Waals surface area contributed by atoms with Gasteiger partial charge in [-0.2, -0.15) is 0 Å². The van der Waals surface area contributed by atoms with Crippen LogP contribution in [0.4, 0.5) is 0 Å². The van der Waals surface area contributed by atoms with Gasteiger partial charge in [0.1, 0.15) is 12.0 Å². The summed E-state index contributed by atoms with van der Waals surface area (Å²) in [5.41, 5.74) is 6.03. The molecule has 2 N–H and O–H groups in total. The van der Waals surface area contributed by atoms with Gasteiger partial charge in [-0.1, -0.05) is 72.7 Å². The van der Waals surface area contributed by atoms with Gasteiger partial charge in [-0.25, -0.2) is 4.98 Å². The molecule has 0 radical (unpaired) electrons. The van der Waals surface area contributed by atoms with Gasteiger partial charge < -0.3 is 14.8 Å². The lowest BCUT2D eigenvalue weighted by Crippen LogP contribution is -2.17. The highest BCUT2D eigenvalue weighted by atomic mass is 16.3. The fourth-order valence-electron chi connectivity index (χ4n) is 4.33. The van der Waals surface area contributed by atoms with Gasteiger partial charge in [0.25, 0.3) is 0 Å². The van der Waals surface area contributed by atoms with E-state index in [0.29, 0.717) is 17.7 Å². The van der Waals surface area contributed by atoms with Gasteiger partial charge >= 0.3 is 0 Å². The predicted octanol–water partition coefficient (Wildman–Crippen LogP) is 7.49. The van der Waals surface area contributed by atoms with Crippen LogP contribution in [0.5, 0.6) is 5.75 Å². The number of aromatic hydroxyl groups is 1. The number of nitrogens with zero attached hydrogens (tertiary/aromatic N) is 1. The zero-order chi connectivity index (χ0) is 25.1. The molecule has 0 saturated carbocycles. The summed E-state index contributed by atoms with van der Waals surface area (Å²) in [6.07, 6.45) is 4.68. The molecule has 1 aromatic heterocycles. The van der Waals surface area contributed by atoms with Crippen molar-refractivity contribution in [3.05, 3.63) is 70.6 Å². The molecule has 34 heavy (non-hydrogen) atoms. The summed E-state index contributed by atoms with van der Waals surface area (Å²) in [5.74, 6) is 0.995. The van der Waals surface area contributed by atoms with Crippen LogP contribution in [0.2, 0.25) is 0 Å². The van der Waals surface area contributed by atoms with Crippen LogP contribution in [0.1, 0.15) is 95.8 Å². The van der Waals surface area contributed by atoms with E-state index >= 15 is 0 Å². The molecule has 2 aromatic carbocycles. The first kappa shape index (κ1) is 26.0. The second-order valence-corrected chi connectivity index (χ2v) is 11.4. The van der Waals surface area contributed by atoms with Crippen molar-refractivity contribution in [2.24, 2.45) is 0 Å². The molecule has 184 valence electrons. The molecule has 0 aliphatic rings. The average Bonchev–Trinajstić information content (AvgIpc) is 3.22. The molecule has 0 fully saturated rings. The van der Waals surface area contributed by atoms with Crippen molar-refractivity contribution in [3.8, 4) is 17.2 Å². The van der Waals surface area contributed by atoms with E-state index in [0.717, 1.165) is 48.2 Å². The van der Waals surface area contributed by atoms with E-state index in [9.17, 15) is 5.11 Å². The number of phenols is 1. The third kappa shape index (κ3) is 6.29. The molecule has 0 saturated heterocycles. The first-order valence-corrected chi connectivity index (χ1v) is 12.5. The van der Waals surface area contributed by atoms with Crippen LogP contribution in [-0.4, -0.2) is 16.6 Å².